The van der Waals surface area contributed by atoms with Gasteiger partial charge in [-0.2, -0.15) is 0 Å². The number of phenols is 1. The van der Waals surface area contributed by atoms with Gasteiger partial charge in [0.25, 0.3) is 0 Å². The summed E-state index contributed by atoms with van der Waals surface area (Å²) >= 11 is 0. The smallest absolute Gasteiger partial charge is 0.119 e. The van der Waals surface area contributed by atoms with E-state index in [2.05, 4.69) is 84.9 Å². The molecule has 2 aromatic carbocycles. The summed E-state index contributed by atoms with van der Waals surface area (Å²) in [7, 11) is 0. The number of rotatable bonds is 4. The van der Waals surface area contributed by atoms with Crippen molar-refractivity contribution in [1.29, 1.82) is 0 Å². The molecule has 1 N–H and O–H groups in total. The van der Waals surface area contributed by atoms with E-state index in [9.17, 15) is 5.11 Å². The first kappa shape index (κ1) is 18.6. The lowest BCUT2D eigenvalue weighted by atomic mass is 9.70. The van der Waals surface area contributed by atoms with E-state index in [1.165, 1.54) is 11.1 Å². The molecule has 24 heavy (non-hydrogen) atoms. The van der Waals surface area contributed by atoms with Gasteiger partial charge in [-0.25, -0.2) is 0 Å². The second-order valence-electron chi connectivity index (χ2n) is 9.34. The molecule has 2 rings (SSSR count). The van der Waals surface area contributed by atoms with Gasteiger partial charge in [0.2, 0.25) is 0 Å². The minimum Gasteiger partial charge on any atom is -0.508 e. The van der Waals surface area contributed by atoms with Crippen LogP contribution in [0.5, 0.6) is 5.75 Å². The van der Waals surface area contributed by atoms with E-state index in [1.54, 1.807) is 0 Å². The van der Waals surface area contributed by atoms with Crippen LogP contribution in [0.4, 0.5) is 0 Å². The van der Waals surface area contributed by atoms with Gasteiger partial charge in [-0.1, -0.05) is 90.9 Å². The van der Waals surface area contributed by atoms with Crippen molar-refractivity contribution in [1.82, 2.24) is 0 Å². The van der Waals surface area contributed by atoms with E-state index >= 15 is 0 Å². The Morgan fingerprint density at radius 2 is 1.33 bits per heavy atom. The molecule has 0 aliphatic carbocycles. The molecule has 0 atom stereocenters. The third kappa shape index (κ3) is 4.01. The summed E-state index contributed by atoms with van der Waals surface area (Å²) in [6.07, 6.45) is 1.02. The van der Waals surface area contributed by atoms with E-state index < -0.39 is 0 Å². The highest BCUT2D eigenvalue weighted by Crippen LogP contribution is 2.42. The highest BCUT2D eigenvalue weighted by molar-refractivity contribution is 5.46. The molecule has 0 radical (unpaired) electrons. The number of phenolic OH excluding ortho intramolecular Hbond substituents is 1. The Balaban J connectivity index is 2.49. The standard InChI is InChI=1S/C23H32O/c1-21(2,3)16-22(4,5)19-15-18(13-14-20(19)24)23(6,7)17-11-9-8-10-12-17/h8-15,24H,16H2,1-7H3. The zero-order chi connectivity index (χ0) is 18.2. The van der Waals surface area contributed by atoms with Crippen LogP contribution in [-0.2, 0) is 10.8 Å². The average Bonchev–Trinajstić information content (AvgIpc) is 2.45. The molecular formula is C23H32O. The molecule has 1 heteroatoms. The van der Waals surface area contributed by atoms with Crippen molar-refractivity contribution in [2.24, 2.45) is 5.41 Å². The van der Waals surface area contributed by atoms with Crippen molar-refractivity contribution in [2.45, 2.75) is 65.7 Å². The monoisotopic (exact) mass is 324 g/mol. The Morgan fingerprint density at radius 3 is 1.88 bits per heavy atom. The van der Waals surface area contributed by atoms with E-state index in [0.29, 0.717) is 5.75 Å². The summed E-state index contributed by atoms with van der Waals surface area (Å²) in [5.41, 5.74) is 3.60. The topological polar surface area (TPSA) is 20.2 Å². The van der Waals surface area contributed by atoms with E-state index in [-0.39, 0.29) is 16.2 Å². The molecule has 0 bridgehead atoms. The van der Waals surface area contributed by atoms with Gasteiger partial charge in [-0.3, -0.25) is 0 Å². The van der Waals surface area contributed by atoms with Gasteiger partial charge in [0.1, 0.15) is 5.75 Å². The minimum absolute atomic E-state index is 0.0783. The van der Waals surface area contributed by atoms with Crippen molar-refractivity contribution in [3.63, 3.8) is 0 Å². The molecule has 0 amide bonds. The molecule has 0 aromatic heterocycles. The lowest BCUT2D eigenvalue weighted by molar-refractivity contribution is 0.278. The van der Waals surface area contributed by atoms with Gasteiger partial charge >= 0.3 is 0 Å². The molecule has 0 aliphatic heterocycles. The molecule has 0 unspecified atom stereocenters. The lowest BCUT2D eigenvalue weighted by Gasteiger charge is -2.35. The van der Waals surface area contributed by atoms with Crippen LogP contribution in [0.15, 0.2) is 48.5 Å². The van der Waals surface area contributed by atoms with Crippen molar-refractivity contribution >= 4 is 0 Å². The van der Waals surface area contributed by atoms with Crippen molar-refractivity contribution in [2.75, 3.05) is 0 Å². The van der Waals surface area contributed by atoms with Crippen LogP contribution in [0.1, 0.15) is 71.6 Å². The van der Waals surface area contributed by atoms with Crippen LogP contribution >= 0.6 is 0 Å². The van der Waals surface area contributed by atoms with Gasteiger partial charge in [0.05, 0.1) is 0 Å². The summed E-state index contributed by atoms with van der Waals surface area (Å²) in [4.78, 5) is 0. The fourth-order valence-corrected chi connectivity index (χ4v) is 3.91. The fraction of sp³-hybridized carbons (Fsp3) is 0.478. The molecular weight excluding hydrogens is 292 g/mol. The largest absolute Gasteiger partial charge is 0.508 e. The average molecular weight is 325 g/mol. The van der Waals surface area contributed by atoms with Crippen molar-refractivity contribution in [3.05, 3.63) is 65.2 Å². The second kappa shape index (κ2) is 6.27. The van der Waals surface area contributed by atoms with Crippen molar-refractivity contribution < 1.29 is 5.11 Å². The van der Waals surface area contributed by atoms with Crippen LogP contribution in [0.25, 0.3) is 0 Å². The molecule has 1 nitrogen and oxygen atoms in total. The Morgan fingerprint density at radius 1 is 0.750 bits per heavy atom. The zero-order valence-electron chi connectivity index (χ0n) is 16.3. The van der Waals surface area contributed by atoms with Gasteiger partial charge in [-0.15, -0.1) is 0 Å². The molecule has 0 saturated heterocycles. The number of hydrogen-bond donors (Lipinski definition) is 1. The first-order chi connectivity index (χ1) is 10.9. The van der Waals surface area contributed by atoms with Gasteiger partial charge in [0, 0.05) is 5.41 Å². The Labute approximate surface area is 147 Å². The minimum atomic E-state index is -0.0957. The Bertz CT molecular complexity index is 688. The van der Waals surface area contributed by atoms with Gasteiger partial charge in [0.15, 0.2) is 0 Å². The van der Waals surface area contributed by atoms with E-state index in [0.717, 1.165) is 12.0 Å². The summed E-state index contributed by atoms with van der Waals surface area (Å²) in [5.74, 6) is 0.400. The Kier molecular flexibility index (Phi) is 4.86. The molecule has 2 aromatic rings. The Hall–Kier alpha value is -1.76. The highest BCUT2D eigenvalue weighted by atomic mass is 16.3. The fourth-order valence-electron chi connectivity index (χ4n) is 3.91. The SMILES string of the molecule is CC(C)(C)CC(C)(C)c1cc(C(C)(C)c2ccccc2)ccc1O. The van der Waals surface area contributed by atoms with E-state index in [1.807, 2.05) is 12.1 Å². The van der Waals surface area contributed by atoms with Crippen LogP contribution in [0, 0.1) is 5.41 Å². The maximum atomic E-state index is 10.5. The normalized spacial score (nSPS) is 13.1. The lowest BCUT2D eigenvalue weighted by Crippen LogP contribution is -2.26. The first-order valence-corrected chi connectivity index (χ1v) is 8.83. The summed E-state index contributed by atoms with van der Waals surface area (Å²) in [6, 6.07) is 16.7. The maximum Gasteiger partial charge on any atom is 0.119 e. The zero-order valence-corrected chi connectivity index (χ0v) is 16.3. The summed E-state index contributed by atoms with van der Waals surface area (Å²) in [5, 5.41) is 10.5. The van der Waals surface area contributed by atoms with Crippen LogP contribution in [-0.4, -0.2) is 5.11 Å². The highest BCUT2D eigenvalue weighted by Gasteiger charge is 2.31. The molecule has 0 spiro atoms. The van der Waals surface area contributed by atoms with Gasteiger partial charge in [-0.05, 0) is 40.0 Å². The number of benzene rings is 2. The van der Waals surface area contributed by atoms with Crippen molar-refractivity contribution in [3.8, 4) is 5.75 Å². The third-order valence-electron chi connectivity index (χ3n) is 4.92. The summed E-state index contributed by atoms with van der Waals surface area (Å²) in [6.45, 7) is 15.7. The predicted molar refractivity (Wildman–Crippen MR) is 104 cm³/mol. The quantitative estimate of drug-likeness (QED) is 0.687. The molecule has 130 valence electrons. The maximum absolute atomic E-state index is 10.5. The third-order valence-corrected chi connectivity index (χ3v) is 4.92. The molecule has 0 aliphatic rings. The molecule has 0 fully saturated rings. The first-order valence-electron chi connectivity index (χ1n) is 8.83. The van der Waals surface area contributed by atoms with Crippen LogP contribution in [0.2, 0.25) is 0 Å². The van der Waals surface area contributed by atoms with Gasteiger partial charge < -0.3 is 5.11 Å². The second-order valence-corrected chi connectivity index (χ2v) is 9.34. The number of aromatic hydroxyl groups is 1. The molecule has 0 heterocycles. The van der Waals surface area contributed by atoms with Crippen LogP contribution < -0.4 is 0 Å². The number of hydrogen-bond acceptors (Lipinski definition) is 1. The van der Waals surface area contributed by atoms with Crippen LogP contribution in [0.3, 0.4) is 0 Å². The molecule has 0 saturated carbocycles. The summed E-state index contributed by atoms with van der Waals surface area (Å²) < 4.78 is 0. The van der Waals surface area contributed by atoms with E-state index in [4.69, 9.17) is 0 Å². The predicted octanol–water partition coefficient (Wildman–Crippen LogP) is 6.43.